The summed E-state index contributed by atoms with van der Waals surface area (Å²) in [5.41, 5.74) is 4.20. The van der Waals surface area contributed by atoms with Gasteiger partial charge >= 0.3 is 0 Å². The van der Waals surface area contributed by atoms with Crippen LogP contribution in [0.4, 0.5) is 0 Å². The van der Waals surface area contributed by atoms with Gasteiger partial charge in [0.05, 0.1) is 12.7 Å². The molecule has 1 amide bonds. The zero-order valence-electron chi connectivity index (χ0n) is 23.7. The Bertz CT molecular complexity index is 1570. The normalized spacial score (nSPS) is 15.9. The summed E-state index contributed by atoms with van der Waals surface area (Å²) in [4.78, 5) is 17.1. The Morgan fingerprint density at radius 3 is 2.34 bits per heavy atom. The molecular formula is C32H32N4O4S. The lowest BCUT2D eigenvalue weighted by Crippen LogP contribution is -2.35. The van der Waals surface area contributed by atoms with Gasteiger partial charge in [0.2, 0.25) is 5.17 Å². The molecule has 3 aromatic rings. The molecule has 0 aromatic heterocycles. The molecule has 0 spiro atoms. The fourth-order valence-electron chi connectivity index (χ4n) is 4.23. The van der Waals surface area contributed by atoms with Gasteiger partial charge < -0.3 is 14.2 Å². The van der Waals surface area contributed by atoms with Gasteiger partial charge in [-0.3, -0.25) is 10.2 Å². The standard InChI is InChI=1S/C32H32N4O4S/c1-20-6-9-22(10-7-20)30-35-36-28(33)25(29(37)34-31(36)41-30)18-21-8-15-26(27(19-21)38-5)40-17-16-39-24-13-11-23(12-14-24)32(2,3)4/h6-15,18-19,33H,16-17H2,1-5H3/b25-18-,33-28?. The van der Waals surface area contributed by atoms with Gasteiger partial charge in [0.25, 0.3) is 5.91 Å². The maximum atomic E-state index is 12.9. The monoisotopic (exact) mass is 568 g/mol. The van der Waals surface area contributed by atoms with Crippen molar-refractivity contribution in [1.29, 1.82) is 5.41 Å². The van der Waals surface area contributed by atoms with Crippen LogP contribution >= 0.6 is 11.8 Å². The van der Waals surface area contributed by atoms with Crippen molar-refractivity contribution in [2.75, 3.05) is 20.3 Å². The number of hydrazone groups is 1. The number of aryl methyl sites for hydroxylation is 1. The number of fused-ring (bicyclic) bond motifs is 1. The third-order valence-electron chi connectivity index (χ3n) is 6.58. The molecular weight excluding hydrogens is 536 g/mol. The number of carbonyl (C=O) groups is 1. The van der Waals surface area contributed by atoms with Crippen LogP contribution in [0.25, 0.3) is 6.08 Å². The Balaban J connectivity index is 1.24. The highest BCUT2D eigenvalue weighted by molar-refractivity contribution is 8.27. The first kappa shape index (κ1) is 28.2. The van der Waals surface area contributed by atoms with Gasteiger partial charge in [-0.25, -0.2) is 0 Å². The maximum Gasteiger partial charge on any atom is 0.283 e. The number of hydrogen-bond acceptors (Lipinski definition) is 7. The Kier molecular flexibility index (Phi) is 7.99. The zero-order valence-corrected chi connectivity index (χ0v) is 24.5. The van der Waals surface area contributed by atoms with Crippen LogP contribution in [0.3, 0.4) is 0 Å². The first-order valence-corrected chi connectivity index (χ1v) is 14.1. The van der Waals surface area contributed by atoms with Gasteiger partial charge in [-0.1, -0.05) is 68.8 Å². The summed E-state index contributed by atoms with van der Waals surface area (Å²) >= 11 is 1.28. The average molecular weight is 569 g/mol. The number of hydrogen-bond donors (Lipinski definition) is 1. The molecule has 5 rings (SSSR count). The van der Waals surface area contributed by atoms with Crippen LogP contribution in [0, 0.1) is 12.3 Å². The lowest BCUT2D eigenvalue weighted by Gasteiger charge is -2.20. The molecule has 0 fully saturated rings. The van der Waals surface area contributed by atoms with Crippen molar-refractivity contribution in [1.82, 2.24) is 5.01 Å². The molecule has 0 unspecified atom stereocenters. The number of methoxy groups -OCH3 is 1. The number of benzene rings is 3. The molecule has 0 saturated heterocycles. The predicted octanol–water partition coefficient (Wildman–Crippen LogP) is 6.43. The van der Waals surface area contributed by atoms with Crippen molar-refractivity contribution in [2.45, 2.75) is 33.1 Å². The molecule has 0 radical (unpaired) electrons. The number of aliphatic imine (C=N–C) groups is 1. The van der Waals surface area contributed by atoms with E-state index in [2.05, 4.69) is 43.0 Å². The summed E-state index contributed by atoms with van der Waals surface area (Å²) in [7, 11) is 1.56. The van der Waals surface area contributed by atoms with E-state index in [0.29, 0.717) is 40.5 Å². The number of nitrogens with one attached hydrogen (secondary N) is 1. The van der Waals surface area contributed by atoms with E-state index >= 15 is 0 Å². The molecule has 3 aromatic carbocycles. The molecule has 0 atom stereocenters. The minimum Gasteiger partial charge on any atom is -0.493 e. The number of ether oxygens (including phenoxy) is 3. The molecule has 2 aliphatic rings. The molecule has 210 valence electrons. The average Bonchev–Trinajstić information content (AvgIpc) is 3.38. The summed E-state index contributed by atoms with van der Waals surface area (Å²) < 4.78 is 17.3. The summed E-state index contributed by atoms with van der Waals surface area (Å²) in [6.45, 7) is 9.24. The fourth-order valence-corrected chi connectivity index (χ4v) is 5.12. The Hall–Kier alpha value is -4.37. The van der Waals surface area contributed by atoms with E-state index in [1.54, 1.807) is 31.4 Å². The molecule has 41 heavy (non-hydrogen) atoms. The largest absolute Gasteiger partial charge is 0.493 e. The number of carbonyl (C=O) groups excluding carboxylic acids is 1. The molecule has 9 heteroatoms. The Labute approximate surface area is 244 Å². The lowest BCUT2D eigenvalue weighted by molar-refractivity contribution is -0.114. The highest BCUT2D eigenvalue weighted by Crippen LogP contribution is 2.33. The van der Waals surface area contributed by atoms with E-state index in [9.17, 15) is 4.79 Å². The smallest absolute Gasteiger partial charge is 0.283 e. The van der Waals surface area contributed by atoms with Crippen LogP contribution in [-0.4, -0.2) is 47.3 Å². The molecule has 0 bridgehead atoms. The van der Waals surface area contributed by atoms with Crippen LogP contribution in [0.5, 0.6) is 17.2 Å². The van der Waals surface area contributed by atoms with Crippen LogP contribution in [0.1, 0.15) is 43.0 Å². The number of amidine groups is 2. The van der Waals surface area contributed by atoms with Crippen LogP contribution < -0.4 is 14.2 Å². The van der Waals surface area contributed by atoms with Crippen molar-refractivity contribution in [2.24, 2.45) is 10.1 Å². The number of rotatable bonds is 8. The summed E-state index contributed by atoms with van der Waals surface area (Å²) in [6, 6.07) is 21.4. The highest BCUT2D eigenvalue weighted by atomic mass is 32.2. The van der Waals surface area contributed by atoms with Crippen molar-refractivity contribution >= 4 is 39.8 Å². The minimum atomic E-state index is -0.485. The van der Waals surface area contributed by atoms with Gasteiger partial charge in [-0.2, -0.15) is 15.1 Å². The quantitative estimate of drug-likeness (QED) is 0.249. The summed E-state index contributed by atoms with van der Waals surface area (Å²) in [5, 5.41) is 15.7. The fraction of sp³-hybridized carbons (Fsp3) is 0.250. The predicted molar refractivity (Wildman–Crippen MR) is 164 cm³/mol. The van der Waals surface area contributed by atoms with Gasteiger partial charge in [-0.15, -0.1) is 0 Å². The van der Waals surface area contributed by atoms with E-state index in [4.69, 9.17) is 19.6 Å². The van der Waals surface area contributed by atoms with Crippen LogP contribution in [-0.2, 0) is 10.2 Å². The number of nitrogens with zero attached hydrogens (tertiary/aromatic N) is 3. The van der Waals surface area contributed by atoms with E-state index in [1.165, 1.54) is 22.3 Å². The molecule has 2 heterocycles. The topological polar surface area (TPSA) is 96.6 Å². The van der Waals surface area contributed by atoms with Crippen molar-refractivity contribution < 1.29 is 19.0 Å². The minimum absolute atomic E-state index is 0.0263. The number of amides is 1. The van der Waals surface area contributed by atoms with E-state index in [-0.39, 0.29) is 16.8 Å². The zero-order chi connectivity index (χ0) is 29.1. The number of thioether (sulfide) groups is 1. The molecule has 1 N–H and O–H groups in total. The van der Waals surface area contributed by atoms with Crippen molar-refractivity contribution in [3.63, 3.8) is 0 Å². The van der Waals surface area contributed by atoms with Gasteiger partial charge in [0.15, 0.2) is 17.3 Å². The van der Waals surface area contributed by atoms with E-state index in [0.717, 1.165) is 16.9 Å². The van der Waals surface area contributed by atoms with Crippen molar-refractivity contribution in [3.05, 3.63) is 94.6 Å². The maximum absolute atomic E-state index is 12.9. The van der Waals surface area contributed by atoms with Gasteiger partial charge in [0.1, 0.15) is 24.0 Å². The molecule has 0 aliphatic carbocycles. The van der Waals surface area contributed by atoms with Crippen LogP contribution in [0.15, 0.2) is 82.4 Å². The Morgan fingerprint density at radius 2 is 1.66 bits per heavy atom. The Morgan fingerprint density at radius 1 is 0.951 bits per heavy atom. The van der Waals surface area contributed by atoms with Crippen LogP contribution in [0.2, 0.25) is 0 Å². The second-order valence-corrected chi connectivity index (χ2v) is 11.6. The molecule has 8 nitrogen and oxygen atoms in total. The van der Waals surface area contributed by atoms with Crippen molar-refractivity contribution in [3.8, 4) is 17.2 Å². The second kappa shape index (κ2) is 11.6. The highest BCUT2D eigenvalue weighted by Gasteiger charge is 2.36. The lowest BCUT2D eigenvalue weighted by atomic mass is 9.87. The molecule has 0 saturated carbocycles. The summed E-state index contributed by atoms with van der Waals surface area (Å²) in [5.74, 6) is 1.33. The van der Waals surface area contributed by atoms with E-state index in [1.807, 2.05) is 43.3 Å². The first-order valence-electron chi connectivity index (χ1n) is 13.2. The third kappa shape index (κ3) is 6.36. The molecule has 2 aliphatic heterocycles. The van der Waals surface area contributed by atoms with E-state index < -0.39 is 5.91 Å². The second-order valence-electron chi connectivity index (χ2n) is 10.7. The SMILES string of the molecule is COc1cc(/C=C2/C(=N)N3N=C(c4ccc(C)cc4)SC3=NC2=O)ccc1OCCOc1ccc(C(C)(C)C)cc1. The summed E-state index contributed by atoms with van der Waals surface area (Å²) in [6.07, 6.45) is 1.62. The first-order chi connectivity index (χ1) is 19.6. The van der Waals surface area contributed by atoms with Gasteiger partial charge in [0, 0.05) is 5.56 Å². The third-order valence-corrected chi connectivity index (χ3v) is 7.54. The van der Waals surface area contributed by atoms with Gasteiger partial charge in [-0.05, 0) is 65.6 Å².